The largest absolute Gasteiger partial charge is 0.369 e. The number of anilines is 1. The smallest absolute Gasteiger partial charge is 0.252 e. The van der Waals surface area contributed by atoms with Gasteiger partial charge in [0.2, 0.25) is 11.9 Å². The fourth-order valence-electron chi connectivity index (χ4n) is 2.66. The molecule has 110 valence electrons. The molecule has 2 atom stereocenters. The summed E-state index contributed by atoms with van der Waals surface area (Å²) in [6.07, 6.45) is 2.17. The first-order valence-corrected chi connectivity index (χ1v) is 6.88. The van der Waals surface area contributed by atoms with Crippen LogP contribution in [0.15, 0.2) is 10.9 Å². The summed E-state index contributed by atoms with van der Waals surface area (Å²) in [5.74, 6) is 0.333. The first kappa shape index (κ1) is 14.5. The van der Waals surface area contributed by atoms with Crippen LogP contribution in [0.5, 0.6) is 0 Å². The lowest BCUT2D eigenvalue weighted by atomic mass is 9.99. The number of carbonyl (C=O) groups excluding carboxylic acids is 1. The average molecular weight is 279 g/mol. The minimum atomic E-state index is -0.345. The second-order valence-corrected chi connectivity index (χ2v) is 5.31. The molecule has 7 nitrogen and oxygen atoms in total. The summed E-state index contributed by atoms with van der Waals surface area (Å²) in [6, 6.07) is 1.34. The number of nitrogen functional groups attached to an aromatic ring is 1. The Morgan fingerprint density at radius 2 is 2.30 bits per heavy atom. The summed E-state index contributed by atoms with van der Waals surface area (Å²) >= 11 is 0. The number of rotatable bonds is 4. The van der Waals surface area contributed by atoms with Gasteiger partial charge in [0.05, 0.1) is 12.1 Å². The fraction of sp³-hybridized carbons (Fsp3) is 0.615. The van der Waals surface area contributed by atoms with Crippen LogP contribution in [0, 0.1) is 5.92 Å². The van der Waals surface area contributed by atoms with Gasteiger partial charge >= 0.3 is 0 Å². The molecule has 0 aliphatic carbocycles. The number of aromatic amines is 1. The van der Waals surface area contributed by atoms with Gasteiger partial charge in [0.1, 0.15) is 0 Å². The van der Waals surface area contributed by atoms with Gasteiger partial charge in [0.15, 0.2) is 0 Å². The van der Waals surface area contributed by atoms with Crippen molar-refractivity contribution in [3.63, 3.8) is 0 Å². The molecule has 0 aromatic carbocycles. The van der Waals surface area contributed by atoms with Gasteiger partial charge in [-0.25, -0.2) is 4.98 Å². The van der Waals surface area contributed by atoms with Crippen molar-refractivity contribution in [3.8, 4) is 0 Å². The van der Waals surface area contributed by atoms with Crippen LogP contribution in [0.3, 0.4) is 0 Å². The zero-order valence-electron chi connectivity index (χ0n) is 11.6. The first-order chi connectivity index (χ1) is 9.49. The summed E-state index contributed by atoms with van der Waals surface area (Å²) in [5.41, 5.74) is 11.6. The maximum Gasteiger partial charge on any atom is 0.252 e. The summed E-state index contributed by atoms with van der Waals surface area (Å²) < 4.78 is 0. The molecule has 1 fully saturated rings. The van der Waals surface area contributed by atoms with Crippen LogP contribution in [-0.2, 0) is 11.2 Å². The zero-order valence-corrected chi connectivity index (χ0v) is 11.6. The Morgan fingerprint density at radius 3 is 2.95 bits per heavy atom. The molecular formula is C13H21N5O2. The Labute approximate surface area is 117 Å². The lowest BCUT2D eigenvalue weighted by Gasteiger charge is -2.15. The van der Waals surface area contributed by atoms with Gasteiger partial charge in [-0.2, -0.15) is 0 Å². The molecular weight excluding hydrogens is 258 g/mol. The van der Waals surface area contributed by atoms with Gasteiger partial charge in [-0.15, -0.1) is 0 Å². The van der Waals surface area contributed by atoms with Crippen molar-refractivity contribution in [2.75, 3.05) is 18.8 Å². The van der Waals surface area contributed by atoms with E-state index in [0.29, 0.717) is 24.7 Å². The maximum atomic E-state index is 12.2. The quantitative estimate of drug-likeness (QED) is 0.685. The van der Waals surface area contributed by atoms with Gasteiger partial charge in [-0.1, -0.05) is 13.3 Å². The summed E-state index contributed by atoms with van der Waals surface area (Å²) in [5, 5.41) is 0. The predicted molar refractivity (Wildman–Crippen MR) is 75.9 cm³/mol. The number of H-pyrrole nitrogens is 1. The molecule has 7 heteroatoms. The normalized spacial score (nSPS) is 22.2. The van der Waals surface area contributed by atoms with E-state index in [1.165, 1.54) is 6.07 Å². The van der Waals surface area contributed by atoms with E-state index in [2.05, 4.69) is 16.9 Å². The van der Waals surface area contributed by atoms with E-state index in [0.717, 1.165) is 12.8 Å². The molecule has 2 rings (SSSR count). The summed E-state index contributed by atoms with van der Waals surface area (Å²) in [6.45, 7) is 3.37. The van der Waals surface area contributed by atoms with Gasteiger partial charge in [0.25, 0.3) is 5.56 Å². The molecule has 1 aromatic heterocycles. The van der Waals surface area contributed by atoms with E-state index < -0.39 is 0 Å². The van der Waals surface area contributed by atoms with E-state index in [9.17, 15) is 9.59 Å². The topological polar surface area (TPSA) is 118 Å². The highest BCUT2D eigenvalue weighted by Gasteiger charge is 2.32. The van der Waals surface area contributed by atoms with Crippen LogP contribution in [0.25, 0.3) is 0 Å². The third-order valence-electron chi connectivity index (χ3n) is 3.65. The number of likely N-dealkylation sites (tertiary alicyclic amines) is 1. The lowest BCUT2D eigenvalue weighted by molar-refractivity contribution is -0.129. The number of nitrogens with zero attached hydrogens (tertiary/aromatic N) is 2. The van der Waals surface area contributed by atoms with Crippen LogP contribution < -0.4 is 17.0 Å². The molecule has 1 saturated heterocycles. The van der Waals surface area contributed by atoms with Crippen molar-refractivity contribution < 1.29 is 4.79 Å². The summed E-state index contributed by atoms with van der Waals surface area (Å²) in [7, 11) is 0. The Balaban J connectivity index is 2.00. The number of nitrogens with one attached hydrogen (secondary N) is 1. The van der Waals surface area contributed by atoms with Gasteiger partial charge in [-0.3, -0.25) is 14.6 Å². The van der Waals surface area contributed by atoms with Crippen LogP contribution in [-0.4, -0.2) is 39.9 Å². The maximum absolute atomic E-state index is 12.2. The van der Waals surface area contributed by atoms with Crippen LogP contribution in [0.4, 0.5) is 5.95 Å². The number of hydrogen-bond donors (Lipinski definition) is 3. The Morgan fingerprint density at radius 1 is 1.55 bits per heavy atom. The van der Waals surface area contributed by atoms with Crippen molar-refractivity contribution in [3.05, 3.63) is 22.1 Å². The molecule has 5 N–H and O–H groups in total. The molecule has 0 bridgehead atoms. The number of carbonyl (C=O) groups is 1. The highest BCUT2D eigenvalue weighted by atomic mass is 16.2. The van der Waals surface area contributed by atoms with Crippen molar-refractivity contribution in [2.45, 2.75) is 32.2 Å². The molecule has 1 amide bonds. The Hall–Kier alpha value is -1.89. The second kappa shape index (κ2) is 6.04. The standard InChI is InChI=1S/C13H21N5O2/c1-2-3-8-6-18(7-10(8)14)12(20)5-9-4-11(19)17-13(15)16-9/h4,8,10H,2-3,5-7,14H2,1H3,(H3,15,16,17,19)/t8-,10-/m0/s1. The molecule has 20 heavy (non-hydrogen) atoms. The molecule has 0 radical (unpaired) electrons. The molecule has 1 aliphatic heterocycles. The average Bonchev–Trinajstić information content (AvgIpc) is 2.70. The van der Waals surface area contributed by atoms with Crippen LogP contribution >= 0.6 is 0 Å². The van der Waals surface area contributed by atoms with Crippen molar-refractivity contribution in [2.24, 2.45) is 11.7 Å². The fourth-order valence-corrected chi connectivity index (χ4v) is 2.66. The Kier molecular flexibility index (Phi) is 4.39. The number of hydrogen-bond acceptors (Lipinski definition) is 5. The Bertz CT molecular complexity index is 542. The van der Waals surface area contributed by atoms with Crippen molar-refractivity contribution in [1.29, 1.82) is 0 Å². The van der Waals surface area contributed by atoms with Crippen LogP contribution in [0.2, 0.25) is 0 Å². The molecule has 0 saturated carbocycles. The SMILES string of the molecule is CCC[C@H]1CN(C(=O)Cc2cc(=O)[nH]c(N)n2)C[C@@H]1N. The molecule has 2 heterocycles. The van der Waals surface area contributed by atoms with Crippen LogP contribution in [0.1, 0.15) is 25.5 Å². The molecule has 1 aromatic rings. The van der Waals surface area contributed by atoms with Crippen molar-refractivity contribution >= 4 is 11.9 Å². The first-order valence-electron chi connectivity index (χ1n) is 6.88. The summed E-state index contributed by atoms with van der Waals surface area (Å²) in [4.78, 5) is 31.6. The van der Waals surface area contributed by atoms with Gasteiger partial charge < -0.3 is 16.4 Å². The van der Waals surface area contributed by atoms with E-state index in [-0.39, 0.29) is 29.9 Å². The number of nitrogens with two attached hydrogens (primary N) is 2. The number of aromatic nitrogens is 2. The highest BCUT2D eigenvalue weighted by Crippen LogP contribution is 2.20. The second-order valence-electron chi connectivity index (χ2n) is 5.31. The van der Waals surface area contributed by atoms with Crippen molar-refractivity contribution in [1.82, 2.24) is 14.9 Å². The highest BCUT2D eigenvalue weighted by molar-refractivity contribution is 5.78. The lowest BCUT2D eigenvalue weighted by Crippen LogP contribution is -2.33. The van der Waals surface area contributed by atoms with E-state index in [1.54, 1.807) is 4.90 Å². The van der Waals surface area contributed by atoms with E-state index >= 15 is 0 Å². The van der Waals surface area contributed by atoms with Gasteiger partial charge in [-0.05, 0) is 12.3 Å². The molecule has 0 spiro atoms. The third-order valence-corrected chi connectivity index (χ3v) is 3.65. The van der Waals surface area contributed by atoms with E-state index in [1.807, 2.05) is 0 Å². The minimum Gasteiger partial charge on any atom is -0.369 e. The third kappa shape index (κ3) is 3.36. The zero-order chi connectivity index (χ0) is 14.7. The van der Waals surface area contributed by atoms with E-state index in [4.69, 9.17) is 11.5 Å². The minimum absolute atomic E-state index is 0.0299. The number of amides is 1. The monoisotopic (exact) mass is 279 g/mol. The predicted octanol–water partition coefficient (Wildman–Crippen LogP) is -0.520. The molecule has 1 aliphatic rings. The van der Waals surface area contributed by atoms with Gasteiger partial charge in [0, 0.05) is 25.2 Å². The molecule has 0 unspecified atom stereocenters.